The molecule has 0 atom stereocenters. The average Bonchev–Trinajstić information content (AvgIpc) is 2.39. The molecule has 0 aromatic heterocycles. The predicted molar refractivity (Wildman–Crippen MR) is 74.5 cm³/mol. The van der Waals surface area contributed by atoms with Crippen molar-refractivity contribution in [2.24, 2.45) is 0 Å². The van der Waals surface area contributed by atoms with E-state index in [2.05, 4.69) is 0 Å². The molecule has 0 saturated carbocycles. The molecule has 19 heavy (non-hydrogen) atoms. The standard InChI is InChI=1S/C15H13ClO3/c1-2-19-15(18)14-12(4-3-5-13(14)17)10-6-8-11(16)9-7-10/h3-9,17H,2H2,1H3. The molecule has 0 bridgehead atoms. The molecule has 3 nitrogen and oxygen atoms in total. The highest BCUT2D eigenvalue weighted by Gasteiger charge is 2.18. The first kappa shape index (κ1) is 13.4. The molecule has 2 aromatic carbocycles. The van der Waals surface area contributed by atoms with Gasteiger partial charge in [-0.2, -0.15) is 0 Å². The van der Waals surface area contributed by atoms with Crippen molar-refractivity contribution in [1.82, 2.24) is 0 Å². The molecule has 2 rings (SSSR count). The average molecular weight is 277 g/mol. The normalized spacial score (nSPS) is 10.2. The van der Waals surface area contributed by atoms with Crippen molar-refractivity contribution in [2.45, 2.75) is 6.92 Å². The van der Waals surface area contributed by atoms with Crippen LogP contribution in [0.15, 0.2) is 42.5 Å². The quantitative estimate of drug-likeness (QED) is 0.865. The third kappa shape index (κ3) is 2.88. The molecule has 0 aliphatic carbocycles. The van der Waals surface area contributed by atoms with Gasteiger partial charge in [-0.3, -0.25) is 0 Å². The Hall–Kier alpha value is -2.00. The molecule has 0 aliphatic rings. The predicted octanol–water partition coefficient (Wildman–Crippen LogP) is 3.89. The number of ether oxygens (including phenoxy) is 1. The van der Waals surface area contributed by atoms with E-state index in [0.717, 1.165) is 5.56 Å². The van der Waals surface area contributed by atoms with Crippen LogP contribution in [0.1, 0.15) is 17.3 Å². The highest BCUT2D eigenvalue weighted by molar-refractivity contribution is 6.30. The first-order valence-electron chi connectivity index (χ1n) is 5.88. The zero-order chi connectivity index (χ0) is 13.8. The molecule has 2 aromatic rings. The highest BCUT2D eigenvalue weighted by Crippen LogP contribution is 2.31. The summed E-state index contributed by atoms with van der Waals surface area (Å²) in [6.45, 7) is 1.98. The number of aromatic hydroxyl groups is 1. The Morgan fingerprint density at radius 3 is 2.53 bits per heavy atom. The highest BCUT2D eigenvalue weighted by atomic mass is 35.5. The number of carbonyl (C=O) groups is 1. The summed E-state index contributed by atoms with van der Waals surface area (Å²) in [6, 6.07) is 12.0. The van der Waals surface area contributed by atoms with E-state index in [9.17, 15) is 9.90 Å². The van der Waals surface area contributed by atoms with Gasteiger partial charge in [-0.05, 0) is 36.2 Å². The van der Waals surface area contributed by atoms with Crippen LogP contribution in [-0.4, -0.2) is 17.7 Å². The summed E-state index contributed by atoms with van der Waals surface area (Å²) in [4.78, 5) is 11.9. The Morgan fingerprint density at radius 2 is 1.89 bits per heavy atom. The van der Waals surface area contributed by atoms with Crippen molar-refractivity contribution in [1.29, 1.82) is 0 Å². The van der Waals surface area contributed by atoms with E-state index >= 15 is 0 Å². The van der Waals surface area contributed by atoms with Crippen LogP contribution in [0.5, 0.6) is 5.75 Å². The number of benzene rings is 2. The third-order valence-electron chi connectivity index (χ3n) is 2.68. The molecule has 98 valence electrons. The maximum atomic E-state index is 11.9. The van der Waals surface area contributed by atoms with E-state index < -0.39 is 5.97 Å². The van der Waals surface area contributed by atoms with Gasteiger partial charge in [0.25, 0.3) is 0 Å². The summed E-state index contributed by atoms with van der Waals surface area (Å²) >= 11 is 5.84. The topological polar surface area (TPSA) is 46.5 Å². The fourth-order valence-electron chi connectivity index (χ4n) is 1.83. The van der Waals surface area contributed by atoms with Crippen molar-refractivity contribution in [3.63, 3.8) is 0 Å². The van der Waals surface area contributed by atoms with Gasteiger partial charge in [0.1, 0.15) is 11.3 Å². The minimum atomic E-state index is -0.537. The van der Waals surface area contributed by atoms with Gasteiger partial charge in [0, 0.05) is 5.02 Å². The zero-order valence-electron chi connectivity index (χ0n) is 10.4. The molecular weight excluding hydrogens is 264 g/mol. The summed E-state index contributed by atoms with van der Waals surface area (Å²) in [7, 11) is 0. The van der Waals surface area contributed by atoms with Crippen molar-refractivity contribution < 1.29 is 14.6 Å². The molecule has 0 fully saturated rings. The van der Waals surface area contributed by atoms with Crippen molar-refractivity contribution in [3.05, 3.63) is 53.1 Å². The van der Waals surface area contributed by atoms with E-state index in [1.165, 1.54) is 6.07 Å². The number of phenols is 1. The third-order valence-corrected chi connectivity index (χ3v) is 2.93. The fourth-order valence-corrected chi connectivity index (χ4v) is 1.95. The monoisotopic (exact) mass is 276 g/mol. The summed E-state index contributed by atoms with van der Waals surface area (Å²) in [5.41, 5.74) is 1.59. The minimum Gasteiger partial charge on any atom is -0.507 e. The summed E-state index contributed by atoms with van der Waals surface area (Å²) in [6.07, 6.45) is 0. The Balaban J connectivity index is 2.54. The van der Waals surface area contributed by atoms with Crippen LogP contribution in [0.2, 0.25) is 5.02 Å². The van der Waals surface area contributed by atoms with Crippen LogP contribution in [0.3, 0.4) is 0 Å². The number of halogens is 1. The van der Waals surface area contributed by atoms with Gasteiger partial charge < -0.3 is 9.84 Å². The van der Waals surface area contributed by atoms with E-state index in [1.54, 1.807) is 43.3 Å². The molecule has 0 heterocycles. The number of hydrogen-bond acceptors (Lipinski definition) is 3. The largest absolute Gasteiger partial charge is 0.507 e. The molecule has 0 saturated heterocycles. The van der Waals surface area contributed by atoms with Gasteiger partial charge >= 0.3 is 5.97 Å². The lowest BCUT2D eigenvalue weighted by molar-refractivity contribution is 0.0524. The van der Waals surface area contributed by atoms with Gasteiger partial charge in [0.2, 0.25) is 0 Å². The first-order valence-corrected chi connectivity index (χ1v) is 6.26. The van der Waals surface area contributed by atoms with Crippen LogP contribution in [0, 0.1) is 0 Å². The molecule has 4 heteroatoms. The smallest absolute Gasteiger partial charge is 0.342 e. The molecule has 0 spiro atoms. The maximum Gasteiger partial charge on any atom is 0.342 e. The van der Waals surface area contributed by atoms with Crippen molar-refractivity contribution >= 4 is 17.6 Å². The Morgan fingerprint density at radius 1 is 1.21 bits per heavy atom. The molecular formula is C15H13ClO3. The van der Waals surface area contributed by atoms with Crippen LogP contribution in [-0.2, 0) is 4.74 Å². The van der Waals surface area contributed by atoms with Gasteiger partial charge in [0.15, 0.2) is 0 Å². The summed E-state index contributed by atoms with van der Waals surface area (Å²) in [5.74, 6) is -0.628. The molecule has 0 amide bonds. The summed E-state index contributed by atoms with van der Waals surface area (Å²) in [5, 5.41) is 10.5. The van der Waals surface area contributed by atoms with Crippen LogP contribution >= 0.6 is 11.6 Å². The molecule has 1 N–H and O–H groups in total. The van der Waals surface area contributed by atoms with Crippen molar-refractivity contribution in [3.8, 4) is 16.9 Å². The lowest BCUT2D eigenvalue weighted by atomic mass is 9.99. The number of carbonyl (C=O) groups excluding carboxylic acids is 1. The second-order valence-corrected chi connectivity index (χ2v) is 4.36. The van der Waals surface area contributed by atoms with Gasteiger partial charge in [-0.15, -0.1) is 0 Å². The second kappa shape index (κ2) is 5.76. The van der Waals surface area contributed by atoms with E-state index in [-0.39, 0.29) is 17.9 Å². The SMILES string of the molecule is CCOC(=O)c1c(O)cccc1-c1ccc(Cl)cc1. The number of hydrogen-bond donors (Lipinski definition) is 1. The van der Waals surface area contributed by atoms with Gasteiger partial charge in [-0.25, -0.2) is 4.79 Å². The van der Waals surface area contributed by atoms with Crippen LogP contribution in [0.4, 0.5) is 0 Å². The minimum absolute atomic E-state index is 0.0918. The maximum absolute atomic E-state index is 11.9. The van der Waals surface area contributed by atoms with Crippen LogP contribution < -0.4 is 0 Å². The number of rotatable bonds is 3. The van der Waals surface area contributed by atoms with E-state index in [0.29, 0.717) is 10.6 Å². The Labute approximate surface area is 116 Å². The van der Waals surface area contributed by atoms with E-state index in [4.69, 9.17) is 16.3 Å². The molecule has 0 aliphatic heterocycles. The van der Waals surface area contributed by atoms with Gasteiger partial charge in [-0.1, -0.05) is 35.9 Å². The Kier molecular flexibility index (Phi) is 4.07. The molecule has 0 radical (unpaired) electrons. The Bertz CT molecular complexity index is 591. The molecule has 0 unspecified atom stereocenters. The lowest BCUT2D eigenvalue weighted by Gasteiger charge is -2.10. The van der Waals surface area contributed by atoms with Crippen molar-refractivity contribution in [2.75, 3.05) is 6.61 Å². The zero-order valence-corrected chi connectivity index (χ0v) is 11.1. The first-order chi connectivity index (χ1) is 9.13. The second-order valence-electron chi connectivity index (χ2n) is 3.93. The van der Waals surface area contributed by atoms with E-state index in [1.807, 2.05) is 0 Å². The number of esters is 1. The van der Waals surface area contributed by atoms with Crippen LogP contribution in [0.25, 0.3) is 11.1 Å². The number of phenolic OH excluding ortho intramolecular Hbond substituents is 1. The van der Waals surface area contributed by atoms with Gasteiger partial charge in [0.05, 0.1) is 6.61 Å². The fraction of sp³-hybridized carbons (Fsp3) is 0.133. The lowest BCUT2D eigenvalue weighted by Crippen LogP contribution is -2.06. The summed E-state index contributed by atoms with van der Waals surface area (Å²) < 4.78 is 4.97.